The normalized spacial score (nSPS) is 32.3. The van der Waals surface area contributed by atoms with Crippen molar-refractivity contribution < 1.29 is 42.4 Å². The molecular weight excluding hydrogens is 607 g/mol. The Morgan fingerprint density at radius 3 is 2.68 bits per heavy atom. The van der Waals surface area contributed by atoms with E-state index in [1.807, 2.05) is 0 Å². The van der Waals surface area contributed by atoms with E-state index in [2.05, 4.69) is 29.9 Å². The minimum atomic E-state index is -3.26. The van der Waals surface area contributed by atoms with Crippen LogP contribution in [0.25, 0.3) is 22.3 Å². The van der Waals surface area contributed by atoms with Crippen molar-refractivity contribution in [3.8, 4) is 0 Å². The van der Waals surface area contributed by atoms with Crippen LogP contribution < -0.4 is 17.0 Å². The number of nitrogen functional groups attached to an aromatic ring is 2. The van der Waals surface area contributed by atoms with Crippen molar-refractivity contribution in [2.75, 3.05) is 45.5 Å². The minimum Gasteiger partial charge on any atom is -0.386 e. The fraction of sp³-hybridized carbons (Fsp3) is 0.565. The SMILES string of the molecule is COC[C@H]1O[C@@H](n2cnc3c(N)ncnc32)[C@H](O)[C@@H]1O[PH](=O)OC[C@@]12CO[C@@H]([C@H](n3cnc4c(=O)[nH]c(N)nc43)O1)[C@@H]2OC. The van der Waals surface area contributed by atoms with Crippen molar-refractivity contribution in [1.29, 1.82) is 0 Å². The van der Waals surface area contributed by atoms with Gasteiger partial charge in [-0.25, -0.2) is 19.9 Å². The molecule has 4 aromatic heterocycles. The van der Waals surface area contributed by atoms with E-state index in [1.165, 1.54) is 42.3 Å². The molecule has 0 aliphatic carbocycles. The zero-order chi connectivity index (χ0) is 30.7. The van der Waals surface area contributed by atoms with E-state index >= 15 is 0 Å². The molecule has 21 heteroatoms. The van der Waals surface area contributed by atoms with Gasteiger partial charge in [0.05, 0.1) is 32.5 Å². The van der Waals surface area contributed by atoms with Crippen molar-refractivity contribution in [2.24, 2.45) is 0 Å². The highest BCUT2D eigenvalue weighted by Crippen LogP contribution is 2.48. The van der Waals surface area contributed by atoms with Gasteiger partial charge < -0.3 is 49.3 Å². The third-order valence-corrected chi connectivity index (χ3v) is 8.77. The average molecular weight is 637 g/mol. The lowest BCUT2D eigenvalue weighted by molar-refractivity contribution is -0.183. The Kier molecular flexibility index (Phi) is 7.34. The Morgan fingerprint density at radius 2 is 1.91 bits per heavy atom. The third kappa shape index (κ3) is 4.57. The van der Waals surface area contributed by atoms with Gasteiger partial charge in [0.2, 0.25) is 5.95 Å². The molecule has 4 aromatic rings. The first-order valence-corrected chi connectivity index (χ1v) is 14.6. The van der Waals surface area contributed by atoms with E-state index in [1.54, 1.807) is 0 Å². The van der Waals surface area contributed by atoms with Crippen molar-refractivity contribution in [3.63, 3.8) is 0 Å². The molecule has 0 radical (unpaired) electrons. The van der Waals surface area contributed by atoms with Crippen LogP contribution >= 0.6 is 8.25 Å². The summed E-state index contributed by atoms with van der Waals surface area (Å²) in [6.45, 7) is -0.163. The maximum absolute atomic E-state index is 13.2. The first-order valence-electron chi connectivity index (χ1n) is 13.4. The molecule has 20 nitrogen and oxygen atoms in total. The Bertz CT molecular complexity index is 1780. The number of nitrogens with one attached hydrogen (secondary N) is 1. The highest BCUT2D eigenvalue weighted by atomic mass is 31.1. The van der Waals surface area contributed by atoms with Crippen LogP contribution in [0.15, 0.2) is 23.8 Å². The quantitative estimate of drug-likeness (QED) is 0.144. The van der Waals surface area contributed by atoms with Crippen LogP contribution in [0.4, 0.5) is 11.8 Å². The lowest BCUT2D eigenvalue weighted by Gasteiger charge is -2.31. The number of nitrogens with two attached hydrogens (primary N) is 2. The summed E-state index contributed by atoms with van der Waals surface area (Å²) in [6, 6.07) is 0. The van der Waals surface area contributed by atoms with E-state index < -0.39 is 62.4 Å². The van der Waals surface area contributed by atoms with Gasteiger partial charge in [0, 0.05) is 14.2 Å². The Balaban J connectivity index is 1.07. The maximum Gasteiger partial charge on any atom is 0.319 e. The number of hydrogen-bond donors (Lipinski definition) is 4. The number of nitrogens with zero attached hydrogens (tertiary/aromatic N) is 7. The number of ether oxygens (including phenoxy) is 5. The third-order valence-electron chi connectivity index (χ3n) is 7.92. The van der Waals surface area contributed by atoms with E-state index in [-0.39, 0.29) is 42.8 Å². The molecule has 0 aromatic carbocycles. The molecule has 0 spiro atoms. The van der Waals surface area contributed by atoms with Crippen LogP contribution in [0.5, 0.6) is 0 Å². The number of aliphatic hydroxyl groups is 1. The first kappa shape index (κ1) is 29.1. The number of methoxy groups -OCH3 is 2. The van der Waals surface area contributed by atoms with E-state index in [0.29, 0.717) is 11.2 Å². The number of fused-ring (bicyclic) bond motifs is 4. The molecule has 3 saturated heterocycles. The fourth-order valence-corrected chi connectivity index (χ4v) is 6.92. The lowest BCUT2D eigenvalue weighted by Crippen LogP contribution is -2.45. The van der Waals surface area contributed by atoms with E-state index in [4.69, 9.17) is 44.2 Å². The molecule has 2 bridgehead atoms. The topological polar surface area (TPSA) is 261 Å². The van der Waals surface area contributed by atoms with Crippen LogP contribution in [0.2, 0.25) is 0 Å². The number of hydrogen-bond acceptors (Lipinski definition) is 17. The predicted molar refractivity (Wildman–Crippen MR) is 147 cm³/mol. The zero-order valence-corrected chi connectivity index (χ0v) is 24.3. The summed E-state index contributed by atoms with van der Waals surface area (Å²) >= 11 is 0. The molecule has 7 rings (SSSR count). The van der Waals surface area contributed by atoms with Crippen LogP contribution in [-0.2, 0) is 37.3 Å². The molecule has 3 aliphatic heterocycles. The molecule has 3 fully saturated rings. The van der Waals surface area contributed by atoms with Crippen molar-refractivity contribution in [2.45, 2.75) is 48.6 Å². The van der Waals surface area contributed by atoms with E-state index in [9.17, 15) is 14.5 Å². The van der Waals surface area contributed by atoms with Crippen molar-refractivity contribution in [3.05, 3.63) is 29.3 Å². The number of imidazole rings is 2. The van der Waals surface area contributed by atoms with E-state index in [0.717, 1.165) is 0 Å². The molecule has 0 saturated carbocycles. The maximum atomic E-state index is 13.2. The highest BCUT2D eigenvalue weighted by Gasteiger charge is 2.63. The molecule has 44 heavy (non-hydrogen) atoms. The van der Waals surface area contributed by atoms with Gasteiger partial charge in [-0.2, -0.15) is 4.98 Å². The number of aromatic amines is 1. The monoisotopic (exact) mass is 636 g/mol. The van der Waals surface area contributed by atoms with Crippen molar-refractivity contribution >= 4 is 42.3 Å². The molecule has 0 amide bonds. The fourth-order valence-electron chi connectivity index (χ4n) is 5.97. The summed E-state index contributed by atoms with van der Waals surface area (Å²) < 4.78 is 56.9. The number of rotatable bonds is 10. The molecule has 7 heterocycles. The Labute approximate surface area is 247 Å². The molecule has 1 unspecified atom stereocenters. The van der Waals surface area contributed by atoms with Crippen LogP contribution in [-0.4, -0.2) is 114 Å². The number of H-pyrrole nitrogens is 1. The second kappa shape index (κ2) is 11.1. The van der Waals surface area contributed by atoms with Crippen LogP contribution in [0.3, 0.4) is 0 Å². The van der Waals surface area contributed by atoms with Gasteiger partial charge in [-0.05, 0) is 0 Å². The average Bonchev–Trinajstić information content (AvgIpc) is 3.81. The highest BCUT2D eigenvalue weighted by molar-refractivity contribution is 7.33. The number of aliphatic hydroxyl groups excluding tert-OH is 1. The van der Waals surface area contributed by atoms with Crippen LogP contribution in [0.1, 0.15) is 12.5 Å². The second-order valence-electron chi connectivity index (χ2n) is 10.5. The minimum absolute atomic E-state index is 0.0212. The molecular formula is C23H29N10O10P. The Morgan fingerprint density at radius 1 is 1.14 bits per heavy atom. The van der Waals surface area contributed by atoms with Gasteiger partial charge >= 0.3 is 8.25 Å². The summed E-state index contributed by atoms with van der Waals surface area (Å²) in [7, 11) is -0.317. The standard InChI is InChI=1S/C23H29N10O10P/c1-37-3-9-13(12(34)20(41-9)32-7-28-10-16(24)26-6-27-17(10)32)43-44(36)40-5-23-4-39-14(15(23)38-2)21(42-23)33-8-29-11-18(33)30-22(25)31-19(11)35/h6-9,12-15,20-21,34,44H,3-5H2,1-2H3,(H2,24,26,27)(H3,25,30,31,35)/t9-,12-,13-,14-,15+,20-,21-,23-/m1/s1. The molecule has 236 valence electrons. The summed E-state index contributed by atoms with van der Waals surface area (Å²) in [5.41, 5.74) is 10.9. The smallest absolute Gasteiger partial charge is 0.319 e. The van der Waals surface area contributed by atoms with Gasteiger partial charge in [0.15, 0.2) is 35.1 Å². The molecule has 3 aliphatic rings. The number of anilines is 2. The van der Waals surface area contributed by atoms with Gasteiger partial charge in [-0.15, -0.1) is 0 Å². The predicted octanol–water partition coefficient (Wildman–Crippen LogP) is -1.50. The number of aromatic nitrogens is 8. The summed E-state index contributed by atoms with van der Waals surface area (Å²) in [4.78, 5) is 35.3. The molecule has 6 N–H and O–H groups in total. The van der Waals surface area contributed by atoms with Gasteiger partial charge in [-0.1, -0.05) is 0 Å². The summed E-state index contributed by atoms with van der Waals surface area (Å²) in [5, 5.41) is 11.2. The first-order chi connectivity index (χ1) is 21.2. The van der Waals surface area contributed by atoms with Crippen molar-refractivity contribution in [1.82, 2.24) is 39.0 Å². The van der Waals surface area contributed by atoms with Gasteiger partial charge in [0.1, 0.15) is 48.0 Å². The summed E-state index contributed by atoms with van der Waals surface area (Å²) in [6.07, 6.45) is -2.24. The largest absolute Gasteiger partial charge is 0.386 e. The summed E-state index contributed by atoms with van der Waals surface area (Å²) in [5.74, 6) is 0.0792. The van der Waals surface area contributed by atoms with Crippen LogP contribution in [0, 0.1) is 0 Å². The van der Waals surface area contributed by atoms with Gasteiger partial charge in [-0.3, -0.25) is 23.5 Å². The second-order valence-corrected chi connectivity index (χ2v) is 11.5. The lowest BCUT2D eigenvalue weighted by atomic mass is 10.0. The molecule has 9 atom stereocenters. The Hall–Kier alpha value is -3.59. The van der Waals surface area contributed by atoms with Gasteiger partial charge in [0.25, 0.3) is 5.56 Å². The zero-order valence-electron chi connectivity index (χ0n) is 23.3.